The Morgan fingerprint density at radius 1 is 1.32 bits per heavy atom. The number of rotatable bonds is 3. The first-order valence-corrected chi connectivity index (χ1v) is 8.88. The molecule has 1 amide bonds. The number of nitrogens with one attached hydrogen (secondary N) is 1. The molecule has 0 saturated carbocycles. The van der Waals surface area contributed by atoms with Gasteiger partial charge in [-0.25, -0.2) is 4.98 Å². The smallest absolute Gasteiger partial charge is 0.274 e. The summed E-state index contributed by atoms with van der Waals surface area (Å²) in [6, 6.07) is 6.51. The first-order valence-electron chi connectivity index (χ1n) is 8.88. The van der Waals surface area contributed by atoms with Crippen LogP contribution in [-0.4, -0.2) is 43.6 Å². The van der Waals surface area contributed by atoms with Gasteiger partial charge in [-0.2, -0.15) is 5.10 Å². The van der Waals surface area contributed by atoms with Gasteiger partial charge in [-0.3, -0.25) is 9.89 Å². The molecule has 4 rings (SSSR count). The van der Waals surface area contributed by atoms with Crippen LogP contribution in [-0.2, 0) is 13.5 Å². The molecule has 0 bridgehead atoms. The van der Waals surface area contributed by atoms with Crippen molar-refractivity contribution in [1.29, 1.82) is 0 Å². The van der Waals surface area contributed by atoms with E-state index in [2.05, 4.69) is 33.4 Å². The van der Waals surface area contributed by atoms with Gasteiger partial charge in [0.1, 0.15) is 5.69 Å². The Balaban J connectivity index is 1.39. The number of hydrogen-bond donors (Lipinski definition) is 1. The Morgan fingerprint density at radius 3 is 3.08 bits per heavy atom. The number of carbonyl (C=O) groups excluding carboxylic acids is 1. The number of H-pyrrole nitrogens is 1. The summed E-state index contributed by atoms with van der Waals surface area (Å²) in [5.41, 5.74) is 2.98. The summed E-state index contributed by atoms with van der Waals surface area (Å²) < 4.78 is 1.82. The minimum absolute atomic E-state index is 0.0565. The molecule has 0 spiro atoms. The number of imidazole rings is 1. The number of hydrogen-bond acceptors (Lipinski definition) is 3. The van der Waals surface area contributed by atoms with Crippen molar-refractivity contribution in [2.24, 2.45) is 13.0 Å². The van der Waals surface area contributed by atoms with Crippen LogP contribution >= 0.6 is 0 Å². The van der Waals surface area contributed by atoms with E-state index < -0.39 is 0 Å². The number of aryl methyl sites for hydroxylation is 1. The van der Waals surface area contributed by atoms with Crippen molar-refractivity contribution < 1.29 is 4.79 Å². The Labute approximate surface area is 146 Å². The van der Waals surface area contributed by atoms with Crippen LogP contribution in [0, 0.1) is 5.92 Å². The number of amides is 1. The van der Waals surface area contributed by atoms with E-state index in [1.807, 2.05) is 22.7 Å². The predicted octanol–water partition coefficient (Wildman–Crippen LogP) is 2.78. The fraction of sp³-hybridized carbons (Fsp3) is 0.421. The molecule has 1 N–H and O–H groups in total. The van der Waals surface area contributed by atoms with Crippen LogP contribution < -0.4 is 0 Å². The molecule has 1 unspecified atom stereocenters. The van der Waals surface area contributed by atoms with E-state index in [-0.39, 0.29) is 5.91 Å². The minimum Gasteiger partial charge on any atom is -0.340 e. The van der Waals surface area contributed by atoms with Gasteiger partial charge in [0.25, 0.3) is 5.91 Å². The van der Waals surface area contributed by atoms with Gasteiger partial charge >= 0.3 is 0 Å². The largest absolute Gasteiger partial charge is 0.340 e. The third kappa shape index (κ3) is 3.43. The molecular weight excluding hydrogens is 314 g/mol. The standard InChI is InChI=1S/C19H23N5O/c1-23-12-18(20-13-23)19(25)24-7-2-3-14(6-8-24)9-15-4-5-17-16(10-15)11-21-22-17/h4-5,10-14H,2-3,6-9H2,1H3,(H,21,22). The van der Waals surface area contributed by atoms with Gasteiger partial charge in [0.05, 0.1) is 18.0 Å². The second-order valence-electron chi connectivity index (χ2n) is 7.01. The lowest BCUT2D eigenvalue weighted by atomic mass is 9.92. The number of fused-ring (bicyclic) bond motifs is 1. The maximum Gasteiger partial charge on any atom is 0.274 e. The predicted molar refractivity (Wildman–Crippen MR) is 96.3 cm³/mol. The fourth-order valence-corrected chi connectivity index (χ4v) is 3.71. The van der Waals surface area contributed by atoms with Crippen LogP contribution in [0.15, 0.2) is 36.9 Å². The van der Waals surface area contributed by atoms with Gasteiger partial charge < -0.3 is 9.47 Å². The van der Waals surface area contributed by atoms with Crippen molar-refractivity contribution in [3.63, 3.8) is 0 Å². The Kier molecular flexibility index (Phi) is 4.26. The minimum atomic E-state index is 0.0565. The van der Waals surface area contributed by atoms with Crippen molar-refractivity contribution in [3.8, 4) is 0 Å². The quantitative estimate of drug-likeness (QED) is 0.799. The lowest BCUT2D eigenvalue weighted by Gasteiger charge is -2.19. The molecule has 1 aliphatic rings. The van der Waals surface area contributed by atoms with Gasteiger partial charge in [-0.15, -0.1) is 0 Å². The molecule has 0 radical (unpaired) electrons. The topological polar surface area (TPSA) is 66.8 Å². The molecule has 1 saturated heterocycles. The molecule has 2 aromatic heterocycles. The van der Waals surface area contributed by atoms with Crippen molar-refractivity contribution >= 4 is 16.8 Å². The zero-order valence-corrected chi connectivity index (χ0v) is 14.5. The van der Waals surface area contributed by atoms with Gasteiger partial charge in [-0.1, -0.05) is 6.07 Å². The molecule has 1 aliphatic heterocycles. The number of nitrogens with zero attached hydrogens (tertiary/aromatic N) is 4. The highest BCUT2D eigenvalue weighted by Crippen LogP contribution is 2.24. The van der Waals surface area contributed by atoms with Crippen molar-refractivity contribution in [3.05, 3.63) is 48.2 Å². The Bertz CT molecular complexity index is 881. The summed E-state index contributed by atoms with van der Waals surface area (Å²) in [4.78, 5) is 18.7. The molecule has 3 heterocycles. The Morgan fingerprint density at radius 2 is 2.24 bits per heavy atom. The zero-order valence-electron chi connectivity index (χ0n) is 14.5. The van der Waals surface area contributed by atoms with Crippen molar-refractivity contribution in [2.45, 2.75) is 25.7 Å². The van der Waals surface area contributed by atoms with Crippen molar-refractivity contribution in [2.75, 3.05) is 13.1 Å². The molecule has 0 aliphatic carbocycles. The summed E-state index contributed by atoms with van der Waals surface area (Å²) in [7, 11) is 1.89. The molecule has 3 aromatic rings. The second-order valence-corrected chi connectivity index (χ2v) is 7.01. The first kappa shape index (κ1) is 15.9. The molecule has 6 nitrogen and oxygen atoms in total. The van der Waals surface area contributed by atoms with E-state index in [1.165, 1.54) is 5.56 Å². The van der Waals surface area contributed by atoms with E-state index >= 15 is 0 Å². The van der Waals surface area contributed by atoms with Gasteiger partial charge in [0, 0.05) is 31.7 Å². The SMILES string of the molecule is Cn1cnc(C(=O)N2CCCC(Cc3ccc4[nH]ncc4c3)CC2)c1. The summed E-state index contributed by atoms with van der Waals surface area (Å²) >= 11 is 0. The lowest BCUT2D eigenvalue weighted by molar-refractivity contribution is 0.0754. The van der Waals surface area contributed by atoms with Crippen LogP contribution in [0.3, 0.4) is 0 Å². The summed E-state index contributed by atoms with van der Waals surface area (Å²) in [5.74, 6) is 0.673. The summed E-state index contributed by atoms with van der Waals surface area (Å²) in [6.07, 6.45) is 9.67. The highest BCUT2D eigenvalue weighted by atomic mass is 16.2. The van der Waals surface area contributed by atoms with Crippen LogP contribution in [0.5, 0.6) is 0 Å². The van der Waals surface area contributed by atoms with E-state index in [1.54, 1.807) is 12.5 Å². The zero-order chi connectivity index (χ0) is 17.2. The normalized spacial score (nSPS) is 18.4. The van der Waals surface area contributed by atoms with Gasteiger partial charge in [0.2, 0.25) is 0 Å². The fourth-order valence-electron chi connectivity index (χ4n) is 3.71. The third-order valence-electron chi connectivity index (χ3n) is 5.09. The monoisotopic (exact) mass is 337 g/mol. The van der Waals surface area contributed by atoms with Crippen LogP contribution in [0.1, 0.15) is 35.3 Å². The number of aromatic amines is 1. The van der Waals surface area contributed by atoms with Gasteiger partial charge in [0.15, 0.2) is 0 Å². The molecule has 25 heavy (non-hydrogen) atoms. The first-order chi connectivity index (χ1) is 12.2. The average molecular weight is 337 g/mol. The van der Waals surface area contributed by atoms with Gasteiger partial charge in [-0.05, 0) is 49.3 Å². The number of carbonyl (C=O) groups is 1. The maximum absolute atomic E-state index is 12.6. The molecule has 130 valence electrons. The third-order valence-corrected chi connectivity index (χ3v) is 5.09. The van der Waals surface area contributed by atoms with E-state index in [0.717, 1.165) is 49.7 Å². The van der Waals surface area contributed by atoms with E-state index in [4.69, 9.17) is 0 Å². The number of likely N-dealkylation sites (tertiary alicyclic amines) is 1. The van der Waals surface area contributed by atoms with E-state index in [9.17, 15) is 4.79 Å². The highest BCUT2D eigenvalue weighted by molar-refractivity contribution is 5.92. The molecule has 1 atom stereocenters. The lowest BCUT2D eigenvalue weighted by Crippen LogP contribution is -2.32. The van der Waals surface area contributed by atoms with Crippen LogP contribution in [0.25, 0.3) is 10.9 Å². The Hall–Kier alpha value is -2.63. The van der Waals surface area contributed by atoms with Crippen LogP contribution in [0.2, 0.25) is 0 Å². The summed E-state index contributed by atoms with van der Waals surface area (Å²) in [5, 5.41) is 8.25. The molecule has 6 heteroatoms. The molecule has 1 aromatic carbocycles. The van der Waals surface area contributed by atoms with E-state index in [0.29, 0.717) is 11.6 Å². The molecular formula is C19H23N5O. The average Bonchev–Trinajstić information content (AvgIpc) is 3.18. The maximum atomic E-state index is 12.6. The number of benzene rings is 1. The second kappa shape index (κ2) is 6.70. The summed E-state index contributed by atoms with van der Waals surface area (Å²) in [6.45, 7) is 1.64. The highest BCUT2D eigenvalue weighted by Gasteiger charge is 2.23. The van der Waals surface area contributed by atoms with Crippen molar-refractivity contribution in [1.82, 2.24) is 24.6 Å². The molecule has 1 fully saturated rings. The van der Waals surface area contributed by atoms with Crippen LogP contribution in [0.4, 0.5) is 0 Å². The number of aromatic nitrogens is 4.